The van der Waals surface area contributed by atoms with Gasteiger partial charge < -0.3 is 5.11 Å². The molecule has 0 heterocycles. The maximum atomic E-state index is 10.1. The summed E-state index contributed by atoms with van der Waals surface area (Å²) in [4.78, 5) is 0. The first-order chi connectivity index (χ1) is 7.86. The van der Waals surface area contributed by atoms with E-state index in [0.29, 0.717) is 0 Å². The number of benzene rings is 2. The van der Waals surface area contributed by atoms with Crippen molar-refractivity contribution in [2.24, 2.45) is 0 Å². The van der Waals surface area contributed by atoms with Gasteiger partial charge in [0.1, 0.15) is 0 Å². The molecular formula is C15H16O. The second-order valence-electron chi connectivity index (χ2n) is 4.62. The van der Waals surface area contributed by atoms with Crippen molar-refractivity contribution < 1.29 is 5.11 Å². The van der Waals surface area contributed by atoms with Crippen molar-refractivity contribution in [3.05, 3.63) is 47.5 Å². The lowest BCUT2D eigenvalue weighted by atomic mass is 9.95. The molecule has 2 aromatic rings. The highest BCUT2D eigenvalue weighted by Crippen LogP contribution is 2.33. The van der Waals surface area contributed by atoms with Gasteiger partial charge in [-0.15, -0.1) is 0 Å². The van der Waals surface area contributed by atoms with Gasteiger partial charge in [-0.3, -0.25) is 0 Å². The van der Waals surface area contributed by atoms with Gasteiger partial charge in [0.15, 0.2) is 0 Å². The van der Waals surface area contributed by atoms with Gasteiger partial charge in [-0.25, -0.2) is 0 Å². The molecule has 0 saturated heterocycles. The van der Waals surface area contributed by atoms with E-state index in [1.165, 1.54) is 22.8 Å². The van der Waals surface area contributed by atoms with Crippen LogP contribution in [0.1, 0.15) is 36.5 Å². The maximum Gasteiger partial charge on any atom is 0.0792 e. The zero-order valence-electron chi connectivity index (χ0n) is 9.32. The molecule has 82 valence electrons. The molecule has 0 radical (unpaired) electrons. The summed E-state index contributed by atoms with van der Waals surface area (Å²) in [5.74, 6) is 0. The molecule has 1 heteroatoms. The fourth-order valence-corrected chi connectivity index (χ4v) is 2.74. The Labute approximate surface area is 95.7 Å². The summed E-state index contributed by atoms with van der Waals surface area (Å²) in [5.41, 5.74) is 2.51. The number of aliphatic hydroxyl groups excluding tert-OH is 1. The molecule has 0 aliphatic heterocycles. The van der Waals surface area contributed by atoms with E-state index in [-0.39, 0.29) is 6.10 Å². The number of hydrogen-bond acceptors (Lipinski definition) is 1. The van der Waals surface area contributed by atoms with Gasteiger partial charge in [-0.2, -0.15) is 0 Å². The normalized spacial score (nSPS) is 20.4. The van der Waals surface area contributed by atoms with Crippen LogP contribution in [0.4, 0.5) is 0 Å². The fourth-order valence-electron chi connectivity index (χ4n) is 2.74. The third-order valence-electron chi connectivity index (χ3n) is 3.59. The van der Waals surface area contributed by atoms with Gasteiger partial charge in [0.25, 0.3) is 0 Å². The van der Waals surface area contributed by atoms with Crippen molar-refractivity contribution in [3.8, 4) is 0 Å². The van der Waals surface area contributed by atoms with Crippen LogP contribution in [0, 0.1) is 0 Å². The van der Waals surface area contributed by atoms with Crippen molar-refractivity contribution in [1.29, 1.82) is 0 Å². The zero-order chi connectivity index (χ0) is 11.0. The van der Waals surface area contributed by atoms with Crippen molar-refractivity contribution in [2.45, 2.75) is 31.8 Å². The highest BCUT2D eigenvalue weighted by molar-refractivity contribution is 5.87. The topological polar surface area (TPSA) is 20.2 Å². The van der Waals surface area contributed by atoms with Crippen molar-refractivity contribution in [3.63, 3.8) is 0 Å². The number of aryl methyl sites for hydroxylation is 1. The van der Waals surface area contributed by atoms with Gasteiger partial charge in [0.2, 0.25) is 0 Å². The summed E-state index contributed by atoms with van der Waals surface area (Å²) in [5, 5.41) is 12.7. The number of fused-ring (bicyclic) bond motifs is 3. The van der Waals surface area contributed by atoms with Crippen LogP contribution >= 0.6 is 0 Å². The van der Waals surface area contributed by atoms with Crippen LogP contribution in [-0.2, 0) is 6.42 Å². The van der Waals surface area contributed by atoms with E-state index >= 15 is 0 Å². The minimum absolute atomic E-state index is 0.262. The monoisotopic (exact) mass is 212 g/mol. The molecule has 0 fully saturated rings. The highest BCUT2D eigenvalue weighted by Gasteiger charge is 2.17. The average Bonchev–Trinajstić information content (AvgIpc) is 2.52. The van der Waals surface area contributed by atoms with Crippen LogP contribution in [0.5, 0.6) is 0 Å². The first kappa shape index (κ1) is 9.86. The van der Waals surface area contributed by atoms with Crippen LogP contribution in [-0.4, -0.2) is 5.11 Å². The fraction of sp³-hybridized carbons (Fsp3) is 0.333. The van der Waals surface area contributed by atoms with E-state index in [0.717, 1.165) is 24.8 Å². The Bertz CT molecular complexity index is 516. The van der Waals surface area contributed by atoms with Crippen LogP contribution in [0.3, 0.4) is 0 Å². The Kier molecular flexibility index (Phi) is 2.41. The lowest BCUT2D eigenvalue weighted by Crippen LogP contribution is -1.99. The molecule has 16 heavy (non-hydrogen) atoms. The van der Waals surface area contributed by atoms with Crippen molar-refractivity contribution in [1.82, 2.24) is 0 Å². The van der Waals surface area contributed by atoms with Crippen molar-refractivity contribution >= 4 is 10.8 Å². The van der Waals surface area contributed by atoms with Gasteiger partial charge in [0, 0.05) is 0 Å². The van der Waals surface area contributed by atoms with Gasteiger partial charge in [0.05, 0.1) is 6.10 Å². The predicted octanol–water partition coefficient (Wildman–Crippen LogP) is 3.60. The third kappa shape index (κ3) is 1.52. The predicted molar refractivity (Wildman–Crippen MR) is 66.5 cm³/mol. The van der Waals surface area contributed by atoms with Crippen molar-refractivity contribution in [2.75, 3.05) is 0 Å². The third-order valence-corrected chi connectivity index (χ3v) is 3.59. The van der Waals surface area contributed by atoms with E-state index in [4.69, 9.17) is 0 Å². The van der Waals surface area contributed by atoms with Crippen LogP contribution in [0.25, 0.3) is 10.8 Å². The molecule has 0 aromatic heterocycles. The second-order valence-corrected chi connectivity index (χ2v) is 4.62. The summed E-state index contributed by atoms with van der Waals surface area (Å²) in [7, 11) is 0. The van der Waals surface area contributed by atoms with E-state index in [2.05, 4.69) is 36.4 Å². The molecule has 0 bridgehead atoms. The number of hydrogen-bond donors (Lipinski definition) is 1. The summed E-state index contributed by atoms with van der Waals surface area (Å²) >= 11 is 0. The average molecular weight is 212 g/mol. The Morgan fingerprint density at radius 2 is 1.88 bits per heavy atom. The van der Waals surface area contributed by atoms with Gasteiger partial charge in [-0.05, 0) is 41.2 Å². The Balaban J connectivity index is 2.28. The quantitative estimate of drug-likeness (QED) is 0.661. The Morgan fingerprint density at radius 1 is 1.00 bits per heavy atom. The Hall–Kier alpha value is -1.34. The smallest absolute Gasteiger partial charge is 0.0792 e. The molecule has 0 amide bonds. The van der Waals surface area contributed by atoms with E-state index in [9.17, 15) is 5.11 Å². The molecule has 1 atom stereocenters. The molecule has 0 unspecified atom stereocenters. The molecular weight excluding hydrogens is 196 g/mol. The highest BCUT2D eigenvalue weighted by atomic mass is 16.3. The number of aliphatic hydroxyl groups is 1. The first-order valence-electron chi connectivity index (χ1n) is 6.05. The summed E-state index contributed by atoms with van der Waals surface area (Å²) in [6, 6.07) is 12.7. The molecule has 2 aromatic carbocycles. The minimum atomic E-state index is -0.262. The SMILES string of the molecule is O[C@@H]1CCCCc2c1ccc1ccccc21. The standard InChI is InChI=1S/C15H16O/c16-15-8-4-3-7-13-12-6-2-1-5-11(12)9-10-14(13)15/h1-2,5-6,9-10,15-16H,3-4,7-8H2/t15-/m1/s1. The lowest BCUT2D eigenvalue weighted by Gasteiger charge is -2.13. The molecule has 1 N–H and O–H groups in total. The summed E-state index contributed by atoms with van der Waals surface area (Å²) in [6.07, 6.45) is 4.07. The van der Waals surface area contributed by atoms with Crippen LogP contribution in [0.15, 0.2) is 36.4 Å². The lowest BCUT2D eigenvalue weighted by molar-refractivity contribution is 0.167. The maximum absolute atomic E-state index is 10.1. The molecule has 1 aliphatic rings. The molecule has 1 aliphatic carbocycles. The first-order valence-corrected chi connectivity index (χ1v) is 6.05. The summed E-state index contributed by atoms with van der Waals surface area (Å²) in [6.45, 7) is 0. The van der Waals surface area contributed by atoms with E-state index in [1.807, 2.05) is 0 Å². The van der Waals surface area contributed by atoms with Crippen LogP contribution < -0.4 is 0 Å². The van der Waals surface area contributed by atoms with E-state index < -0.39 is 0 Å². The number of rotatable bonds is 0. The molecule has 3 rings (SSSR count). The Morgan fingerprint density at radius 3 is 2.81 bits per heavy atom. The largest absolute Gasteiger partial charge is 0.388 e. The molecule has 1 nitrogen and oxygen atoms in total. The van der Waals surface area contributed by atoms with Crippen LogP contribution in [0.2, 0.25) is 0 Å². The zero-order valence-corrected chi connectivity index (χ0v) is 9.32. The minimum Gasteiger partial charge on any atom is -0.388 e. The van der Waals surface area contributed by atoms with E-state index in [1.54, 1.807) is 0 Å². The van der Waals surface area contributed by atoms with Gasteiger partial charge >= 0.3 is 0 Å². The molecule has 0 saturated carbocycles. The molecule has 0 spiro atoms. The second kappa shape index (κ2) is 3.91. The van der Waals surface area contributed by atoms with Gasteiger partial charge in [-0.1, -0.05) is 42.8 Å². The summed E-state index contributed by atoms with van der Waals surface area (Å²) < 4.78 is 0.